The number of hydrogen-bond donors (Lipinski definition) is 0. The summed E-state index contributed by atoms with van der Waals surface area (Å²) < 4.78 is 0. The van der Waals surface area contributed by atoms with E-state index in [0.29, 0.717) is 0 Å². The van der Waals surface area contributed by atoms with Crippen LogP contribution in [0.5, 0.6) is 0 Å². The quantitative estimate of drug-likeness (QED) is 0.474. The first-order valence-corrected chi connectivity index (χ1v) is 12.0. The minimum atomic E-state index is -0.968. The van der Waals surface area contributed by atoms with Gasteiger partial charge in [-0.1, -0.05) is 51.4 Å². The van der Waals surface area contributed by atoms with Gasteiger partial charge in [-0.15, -0.1) is 0 Å². The minimum Gasteiger partial charge on any atom is -0.0920 e. The van der Waals surface area contributed by atoms with Crippen molar-refractivity contribution < 1.29 is 0 Å². The lowest BCUT2D eigenvalue weighted by molar-refractivity contribution is 1.29. The maximum absolute atomic E-state index is 2.48. The maximum Gasteiger partial charge on any atom is 0.0485 e. The van der Waals surface area contributed by atoms with Gasteiger partial charge < -0.3 is 0 Å². The summed E-state index contributed by atoms with van der Waals surface area (Å²) in [5, 5.41) is 0.926. The molecular weight excluding hydrogens is 176 g/mol. The molecule has 0 spiro atoms. The van der Waals surface area contributed by atoms with Crippen LogP contribution in [-0.2, 0) is 0 Å². The van der Waals surface area contributed by atoms with Crippen LogP contribution in [0, 0.1) is 0 Å². The summed E-state index contributed by atoms with van der Waals surface area (Å²) in [4.78, 5) is 0. The highest BCUT2D eigenvalue weighted by atomic mass is 28.4. The molecule has 0 aliphatic rings. The molecule has 0 heterocycles. The molecule has 72 valence electrons. The Morgan fingerprint density at radius 1 is 0.833 bits per heavy atom. The highest BCUT2D eigenvalue weighted by Gasteiger charge is 2.34. The molecule has 0 aliphatic heterocycles. The number of allylic oxidation sites excluding steroid dienone is 2. The van der Waals surface area contributed by atoms with E-state index in [1.165, 1.54) is 0 Å². The van der Waals surface area contributed by atoms with Gasteiger partial charge in [-0.25, -0.2) is 0 Å². The van der Waals surface area contributed by atoms with Gasteiger partial charge >= 0.3 is 0 Å². The van der Waals surface area contributed by atoms with Crippen molar-refractivity contribution in [1.29, 1.82) is 0 Å². The topological polar surface area (TPSA) is 0 Å². The average Bonchev–Trinajstić information content (AvgIpc) is 1.77. The first-order valence-electron chi connectivity index (χ1n) is 4.82. The van der Waals surface area contributed by atoms with E-state index in [-0.39, 0.29) is 0 Å². The van der Waals surface area contributed by atoms with Crippen molar-refractivity contribution in [3.63, 3.8) is 0 Å². The van der Waals surface area contributed by atoms with Gasteiger partial charge in [-0.2, -0.15) is 0 Å². The van der Waals surface area contributed by atoms with Crippen LogP contribution < -0.4 is 0 Å². The van der Waals surface area contributed by atoms with E-state index < -0.39 is 16.1 Å². The van der Waals surface area contributed by atoms with Crippen LogP contribution in [0.25, 0.3) is 0 Å². The maximum atomic E-state index is 2.48. The highest BCUT2D eigenvalue weighted by molar-refractivity contribution is 6.96. The summed E-state index contributed by atoms with van der Waals surface area (Å²) in [6.07, 6.45) is 4.69. The monoisotopic (exact) mass is 200 g/mol. The lowest BCUT2D eigenvalue weighted by Gasteiger charge is -2.36. The van der Waals surface area contributed by atoms with E-state index >= 15 is 0 Å². The molecule has 0 fully saturated rings. The smallest absolute Gasteiger partial charge is 0.0485 e. The van der Waals surface area contributed by atoms with Gasteiger partial charge in [0.15, 0.2) is 0 Å². The first-order chi connectivity index (χ1) is 5.19. The van der Waals surface area contributed by atoms with Crippen molar-refractivity contribution in [2.24, 2.45) is 0 Å². The van der Waals surface area contributed by atoms with Gasteiger partial charge in [-0.05, 0) is 12.1 Å². The van der Waals surface area contributed by atoms with Crippen LogP contribution in [0.15, 0.2) is 12.2 Å². The van der Waals surface area contributed by atoms with Gasteiger partial charge in [0, 0.05) is 16.1 Å². The van der Waals surface area contributed by atoms with Crippen molar-refractivity contribution >= 4 is 16.1 Å². The van der Waals surface area contributed by atoms with Crippen LogP contribution in [0.2, 0.25) is 44.4 Å². The lowest BCUT2D eigenvalue weighted by atomic mass is 10.6. The molecule has 12 heavy (non-hydrogen) atoms. The Morgan fingerprint density at radius 2 is 1.17 bits per heavy atom. The molecule has 0 saturated heterocycles. The fourth-order valence-corrected chi connectivity index (χ4v) is 14.0. The molecule has 0 aromatic rings. The van der Waals surface area contributed by atoms with Gasteiger partial charge in [0.1, 0.15) is 0 Å². The van der Waals surface area contributed by atoms with Crippen LogP contribution in [0.4, 0.5) is 0 Å². The van der Waals surface area contributed by atoms with Gasteiger partial charge in [0.05, 0.1) is 0 Å². The zero-order valence-electron chi connectivity index (χ0n) is 9.73. The summed E-state index contributed by atoms with van der Waals surface area (Å²) in [5.74, 6) is 0. The Bertz CT molecular complexity index is 144. The Labute approximate surface area is 80.1 Å². The summed E-state index contributed by atoms with van der Waals surface area (Å²) >= 11 is 0. The molecule has 0 radical (unpaired) electrons. The molecule has 0 N–H and O–H groups in total. The minimum absolute atomic E-state index is 0.926. The molecule has 0 atom stereocenters. The molecule has 0 saturated carbocycles. The molecular formula is C10H24Si2. The molecule has 2 heteroatoms. The van der Waals surface area contributed by atoms with Gasteiger partial charge in [0.2, 0.25) is 0 Å². The van der Waals surface area contributed by atoms with E-state index in [1.807, 2.05) is 0 Å². The second-order valence-electron chi connectivity index (χ2n) is 5.74. The third-order valence-corrected chi connectivity index (χ3v) is 11.6. The Hall–Kier alpha value is 0.174. The summed E-state index contributed by atoms with van der Waals surface area (Å²) in [6.45, 7) is 17.0. The summed E-state index contributed by atoms with van der Waals surface area (Å²) in [6, 6.07) is 0. The third kappa shape index (κ3) is 3.72. The zero-order valence-corrected chi connectivity index (χ0v) is 11.7. The second kappa shape index (κ2) is 3.92. The van der Waals surface area contributed by atoms with Crippen molar-refractivity contribution in [2.45, 2.75) is 51.4 Å². The standard InChI is InChI=1S/C10H24Si2/c1-8-9-10(11(2,3)4)12(5,6)7/h8-10H,1-7H3/b9-8-. The molecule has 0 aromatic carbocycles. The molecule has 0 aliphatic carbocycles. The largest absolute Gasteiger partial charge is 0.0920 e. The molecule has 0 rings (SSSR count). The fourth-order valence-electron chi connectivity index (χ4n) is 2.07. The average molecular weight is 200 g/mol. The first kappa shape index (κ1) is 12.2. The van der Waals surface area contributed by atoms with Crippen molar-refractivity contribution in [2.75, 3.05) is 0 Å². The van der Waals surface area contributed by atoms with E-state index in [1.54, 1.807) is 0 Å². The number of rotatable bonds is 3. The van der Waals surface area contributed by atoms with E-state index in [9.17, 15) is 0 Å². The molecule has 0 nitrogen and oxygen atoms in total. The highest BCUT2D eigenvalue weighted by Crippen LogP contribution is 2.33. The van der Waals surface area contributed by atoms with Crippen molar-refractivity contribution in [1.82, 2.24) is 0 Å². The number of hydrogen-bond acceptors (Lipinski definition) is 0. The van der Waals surface area contributed by atoms with Crippen LogP contribution in [-0.4, -0.2) is 16.1 Å². The van der Waals surface area contributed by atoms with Crippen LogP contribution >= 0.6 is 0 Å². The van der Waals surface area contributed by atoms with E-state index in [2.05, 4.69) is 58.4 Å². The fraction of sp³-hybridized carbons (Fsp3) is 0.800. The van der Waals surface area contributed by atoms with Crippen molar-refractivity contribution in [3.8, 4) is 0 Å². The normalized spacial score (nSPS) is 14.7. The molecule has 0 bridgehead atoms. The zero-order chi connectivity index (χ0) is 9.99. The Morgan fingerprint density at radius 3 is 1.25 bits per heavy atom. The third-order valence-electron chi connectivity index (χ3n) is 2.25. The SMILES string of the molecule is C/C=C\C([Si](C)(C)C)[Si](C)(C)C. The predicted molar refractivity (Wildman–Crippen MR) is 65.3 cm³/mol. The summed E-state index contributed by atoms with van der Waals surface area (Å²) in [5.41, 5.74) is 0. The van der Waals surface area contributed by atoms with E-state index in [4.69, 9.17) is 0 Å². The Balaban J connectivity index is 4.69. The lowest BCUT2D eigenvalue weighted by Crippen LogP contribution is -2.42. The van der Waals surface area contributed by atoms with Gasteiger partial charge in [0.25, 0.3) is 0 Å². The predicted octanol–water partition coefficient (Wildman–Crippen LogP) is 4.15. The Kier molecular flexibility index (Phi) is 3.98. The van der Waals surface area contributed by atoms with Gasteiger partial charge in [-0.3, -0.25) is 0 Å². The molecule has 0 aromatic heterocycles. The van der Waals surface area contributed by atoms with E-state index in [0.717, 1.165) is 5.16 Å². The molecule has 0 unspecified atom stereocenters. The summed E-state index contributed by atoms with van der Waals surface area (Å²) in [7, 11) is -1.94. The second-order valence-corrected chi connectivity index (χ2v) is 17.0. The van der Waals surface area contributed by atoms with Crippen molar-refractivity contribution in [3.05, 3.63) is 12.2 Å². The van der Waals surface area contributed by atoms with Crippen LogP contribution in [0.1, 0.15) is 6.92 Å². The van der Waals surface area contributed by atoms with Crippen LogP contribution in [0.3, 0.4) is 0 Å². The molecule has 0 amide bonds.